The smallest absolute Gasteiger partial charge is 0.399 e. The van der Waals surface area contributed by atoms with Crippen LogP contribution in [0.3, 0.4) is 0 Å². The van der Waals surface area contributed by atoms with E-state index in [4.69, 9.17) is 28.4 Å². The van der Waals surface area contributed by atoms with Gasteiger partial charge in [-0.15, -0.1) is 0 Å². The molecule has 60 heavy (non-hydrogen) atoms. The predicted octanol–water partition coefficient (Wildman–Crippen LogP) is 8.09. The van der Waals surface area contributed by atoms with Crippen LogP contribution in [0.1, 0.15) is 213 Å². The van der Waals surface area contributed by atoms with Crippen LogP contribution in [0.4, 0.5) is 0 Å². The van der Waals surface area contributed by atoms with E-state index < -0.39 is 73.0 Å². The number of esters is 6. The molecular weight excluding hydrogens is 780 g/mol. The van der Waals surface area contributed by atoms with Gasteiger partial charge in [0.05, 0.1) is 0 Å². The molecule has 1 fully saturated rings. The zero-order valence-corrected chi connectivity index (χ0v) is 37.1. The van der Waals surface area contributed by atoms with E-state index in [2.05, 4.69) is 20.8 Å². The molecule has 0 amide bonds. The SMILES string of the molecule is CCCCCCCCCCCC(=O)OC1(CO)OC(=O)C(CO)(OC(=O)CCCCCCCCCCC)OC(=O)C(CO)(OC(=O)CCCCCCCCCCC)OC1=O. The first-order valence-electron chi connectivity index (χ1n) is 23.1. The summed E-state index contributed by atoms with van der Waals surface area (Å²) in [6.45, 7) is 1.66. The van der Waals surface area contributed by atoms with Crippen LogP contribution in [0.2, 0.25) is 0 Å². The Balaban J connectivity index is 3.24. The molecular formula is C45H78O15. The molecule has 0 aliphatic carbocycles. The van der Waals surface area contributed by atoms with Crippen molar-refractivity contribution in [2.24, 2.45) is 0 Å². The van der Waals surface area contributed by atoms with Crippen molar-refractivity contribution in [1.82, 2.24) is 0 Å². The lowest BCUT2D eigenvalue weighted by atomic mass is 10.1. The first-order valence-corrected chi connectivity index (χ1v) is 23.1. The van der Waals surface area contributed by atoms with Gasteiger partial charge >= 0.3 is 53.2 Å². The summed E-state index contributed by atoms with van der Waals surface area (Å²) in [6, 6.07) is 0. The number of unbranched alkanes of at least 4 members (excludes halogenated alkanes) is 24. The molecule has 0 aromatic carbocycles. The molecule has 3 atom stereocenters. The van der Waals surface area contributed by atoms with Crippen molar-refractivity contribution in [2.45, 2.75) is 231 Å². The van der Waals surface area contributed by atoms with E-state index in [0.29, 0.717) is 38.5 Å². The predicted molar refractivity (Wildman–Crippen MR) is 222 cm³/mol. The molecule has 0 saturated carbocycles. The third kappa shape index (κ3) is 21.0. The minimum atomic E-state index is -3.37. The van der Waals surface area contributed by atoms with Gasteiger partial charge in [0, 0.05) is 19.3 Å². The van der Waals surface area contributed by atoms with Gasteiger partial charge in [-0.1, -0.05) is 175 Å². The van der Waals surface area contributed by atoms with Gasteiger partial charge in [0.2, 0.25) is 0 Å². The van der Waals surface area contributed by atoms with Gasteiger partial charge in [-0.05, 0) is 19.3 Å². The lowest BCUT2D eigenvalue weighted by molar-refractivity contribution is -0.275. The highest BCUT2D eigenvalue weighted by molar-refractivity contribution is 5.94. The number of carbonyl (C=O) groups excluding carboxylic acids is 6. The molecule has 1 rings (SSSR count). The Bertz CT molecular complexity index is 1090. The van der Waals surface area contributed by atoms with Crippen LogP contribution in [-0.4, -0.2) is 88.3 Å². The minimum Gasteiger partial charge on any atom is -0.410 e. The van der Waals surface area contributed by atoms with Crippen LogP contribution in [0.25, 0.3) is 0 Å². The summed E-state index contributed by atoms with van der Waals surface area (Å²) in [7, 11) is 0. The summed E-state index contributed by atoms with van der Waals surface area (Å²) < 4.78 is 31.2. The lowest BCUT2D eigenvalue weighted by Crippen LogP contribution is -2.57. The Morgan fingerprint density at radius 3 is 0.733 bits per heavy atom. The molecule has 0 aromatic heterocycles. The van der Waals surface area contributed by atoms with Crippen LogP contribution < -0.4 is 0 Å². The number of ether oxygens (including phenoxy) is 6. The molecule has 1 aliphatic heterocycles. The fourth-order valence-corrected chi connectivity index (χ4v) is 6.83. The zero-order chi connectivity index (χ0) is 44.5. The lowest BCUT2D eigenvalue weighted by Gasteiger charge is -2.32. The van der Waals surface area contributed by atoms with Crippen LogP contribution in [0.15, 0.2) is 0 Å². The second-order valence-electron chi connectivity index (χ2n) is 16.1. The summed E-state index contributed by atoms with van der Waals surface area (Å²) in [5.74, 6) is -19.2. The molecule has 1 aliphatic rings. The highest BCUT2D eigenvalue weighted by Gasteiger charge is 2.64. The van der Waals surface area contributed by atoms with Crippen molar-refractivity contribution in [1.29, 1.82) is 0 Å². The first-order chi connectivity index (χ1) is 28.9. The third-order valence-corrected chi connectivity index (χ3v) is 10.6. The first kappa shape index (κ1) is 54.7. The molecule has 348 valence electrons. The van der Waals surface area contributed by atoms with E-state index >= 15 is 0 Å². The van der Waals surface area contributed by atoms with Crippen molar-refractivity contribution in [3.63, 3.8) is 0 Å². The van der Waals surface area contributed by atoms with E-state index in [0.717, 1.165) is 116 Å². The van der Waals surface area contributed by atoms with Gasteiger partial charge in [-0.3, -0.25) is 14.4 Å². The molecule has 3 unspecified atom stereocenters. The maximum Gasteiger partial charge on any atom is 0.399 e. The Labute approximate surface area is 358 Å². The van der Waals surface area contributed by atoms with Crippen LogP contribution in [0.5, 0.6) is 0 Å². The fraction of sp³-hybridized carbons (Fsp3) is 0.867. The Hall–Kier alpha value is -3.30. The molecule has 1 heterocycles. The average Bonchev–Trinajstić information content (AvgIpc) is 3.25. The normalized spacial score (nSPS) is 20.6. The summed E-state index contributed by atoms with van der Waals surface area (Å²) in [6.07, 6.45) is 24.2. The van der Waals surface area contributed by atoms with Crippen molar-refractivity contribution in [3.8, 4) is 0 Å². The zero-order valence-electron chi connectivity index (χ0n) is 37.1. The molecule has 0 bridgehead atoms. The van der Waals surface area contributed by atoms with Gasteiger partial charge in [0.25, 0.3) is 0 Å². The Morgan fingerprint density at radius 2 is 0.550 bits per heavy atom. The maximum absolute atomic E-state index is 13.8. The third-order valence-electron chi connectivity index (χ3n) is 10.6. The molecule has 0 radical (unpaired) electrons. The van der Waals surface area contributed by atoms with Crippen molar-refractivity contribution < 1.29 is 72.5 Å². The van der Waals surface area contributed by atoms with E-state index in [-0.39, 0.29) is 19.3 Å². The van der Waals surface area contributed by atoms with Crippen molar-refractivity contribution >= 4 is 35.8 Å². The number of carbonyl (C=O) groups is 6. The van der Waals surface area contributed by atoms with Crippen molar-refractivity contribution in [2.75, 3.05) is 19.8 Å². The number of hydrogen-bond acceptors (Lipinski definition) is 15. The second kappa shape index (κ2) is 32.4. The Morgan fingerprint density at radius 1 is 0.367 bits per heavy atom. The van der Waals surface area contributed by atoms with E-state index in [1.807, 2.05) is 0 Å². The van der Waals surface area contributed by atoms with Crippen molar-refractivity contribution in [3.05, 3.63) is 0 Å². The molecule has 0 spiro atoms. The molecule has 0 aromatic rings. The summed E-state index contributed by atoms with van der Waals surface area (Å²) >= 11 is 0. The summed E-state index contributed by atoms with van der Waals surface area (Å²) in [5.41, 5.74) is 0. The molecule has 15 heteroatoms. The standard InChI is InChI=1S/C45H78O15/c1-4-7-10-13-16-19-22-25-28-31-37(49)55-43(34-46)40(52)59-45(36-48,57-39(51)33-30-27-24-21-18-15-12-9-6-3)42(54)60-44(35-47,41(53)58-43)56-38(50)32-29-26-23-20-17-14-11-8-5-2/h46-48H,4-36H2,1-3H3. The largest absolute Gasteiger partial charge is 0.410 e. The van der Waals surface area contributed by atoms with Crippen LogP contribution >= 0.6 is 0 Å². The number of aliphatic hydroxyl groups excluding tert-OH is 3. The highest BCUT2D eigenvalue weighted by Crippen LogP contribution is 2.32. The van der Waals surface area contributed by atoms with Gasteiger partial charge in [0.15, 0.2) is 0 Å². The Kier molecular flexibility index (Phi) is 29.6. The monoisotopic (exact) mass is 859 g/mol. The average molecular weight is 859 g/mol. The summed E-state index contributed by atoms with van der Waals surface area (Å²) in [4.78, 5) is 80.8. The van der Waals surface area contributed by atoms with E-state index in [1.165, 1.54) is 19.3 Å². The molecule has 15 nitrogen and oxygen atoms in total. The molecule has 1 saturated heterocycles. The number of hydrogen-bond donors (Lipinski definition) is 3. The van der Waals surface area contributed by atoms with E-state index in [1.54, 1.807) is 0 Å². The topological polar surface area (TPSA) is 218 Å². The molecule has 3 N–H and O–H groups in total. The fourth-order valence-electron chi connectivity index (χ4n) is 6.83. The maximum atomic E-state index is 13.8. The quantitative estimate of drug-likeness (QED) is 0.0308. The van der Waals surface area contributed by atoms with Gasteiger partial charge in [0.1, 0.15) is 19.8 Å². The van der Waals surface area contributed by atoms with Crippen LogP contribution in [0, 0.1) is 0 Å². The highest BCUT2D eigenvalue weighted by atomic mass is 16.8. The van der Waals surface area contributed by atoms with Crippen LogP contribution in [-0.2, 0) is 57.2 Å². The van der Waals surface area contributed by atoms with E-state index in [9.17, 15) is 44.1 Å². The summed E-state index contributed by atoms with van der Waals surface area (Å²) in [5, 5.41) is 31.5. The van der Waals surface area contributed by atoms with Gasteiger partial charge in [-0.2, -0.15) is 0 Å². The minimum absolute atomic E-state index is 0.282. The number of rotatable bonds is 36. The van der Waals surface area contributed by atoms with Gasteiger partial charge < -0.3 is 43.7 Å². The number of aliphatic hydroxyl groups is 3. The second-order valence-corrected chi connectivity index (χ2v) is 16.1. The van der Waals surface area contributed by atoms with Gasteiger partial charge in [-0.25, -0.2) is 14.4 Å². The number of cyclic esters (lactones) is 3.